The van der Waals surface area contributed by atoms with E-state index in [9.17, 15) is 18.3 Å². The maximum Gasteiger partial charge on any atom is 0.314 e. The van der Waals surface area contributed by atoms with Gasteiger partial charge in [-0.2, -0.15) is 0 Å². The minimum Gasteiger partial charge on any atom is -0.394 e. The van der Waals surface area contributed by atoms with Gasteiger partial charge in [-0.05, 0) is 56.4 Å². The summed E-state index contributed by atoms with van der Waals surface area (Å²) in [5, 5.41) is 15.3. The quantitative estimate of drug-likeness (QED) is 0.445. The van der Waals surface area contributed by atoms with E-state index in [1.807, 2.05) is 44.2 Å². The zero-order valence-corrected chi connectivity index (χ0v) is 19.8. The maximum absolute atomic E-state index is 12.9. The molecule has 2 aromatic carbocycles. The zero-order valence-electron chi connectivity index (χ0n) is 19.0. The van der Waals surface area contributed by atoms with Gasteiger partial charge in [-0.15, -0.1) is 0 Å². The summed E-state index contributed by atoms with van der Waals surface area (Å²) in [6, 6.07) is 15.8. The monoisotopic (exact) mass is 475 g/mol. The number of carbonyl (C=O) groups excluding carboxylic acids is 1. The van der Waals surface area contributed by atoms with Crippen LogP contribution in [0.25, 0.3) is 11.1 Å². The van der Waals surface area contributed by atoms with Crippen LogP contribution >= 0.6 is 0 Å². The molecule has 2 amide bonds. The zero-order chi connectivity index (χ0) is 23.8. The summed E-state index contributed by atoms with van der Waals surface area (Å²) in [5.41, 5.74) is 1.94. The number of amides is 2. The Hall–Kier alpha value is -2.46. The van der Waals surface area contributed by atoms with Crippen LogP contribution in [0.3, 0.4) is 0 Å². The van der Waals surface area contributed by atoms with E-state index in [4.69, 9.17) is 4.74 Å². The van der Waals surface area contributed by atoms with Crippen molar-refractivity contribution in [2.45, 2.75) is 62.3 Å². The average Bonchev–Trinajstić information content (AvgIpc) is 2.80. The van der Waals surface area contributed by atoms with Crippen LogP contribution in [0.2, 0.25) is 0 Å². The number of benzene rings is 2. The molecular weight excluding hydrogens is 442 g/mol. The van der Waals surface area contributed by atoms with Gasteiger partial charge in [-0.25, -0.2) is 17.9 Å². The highest BCUT2D eigenvalue weighted by molar-refractivity contribution is 7.89. The first kappa shape index (κ1) is 25.2. The van der Waals surface area contributed by atoms with E-state index in [2.05, 4.69) is 15.4 Å². The molecule has 8 nitrogen and oxygen atoms in total. The number of hydrogen-bond acceptors (Lipinski definition) is 5. The van der Waals surface area contributed by atoms with Crippen molar-refractivity contribution < 1.29 is 23.1 Å². The average molecular weight is 476 g/mol. The molecule has 0 bridgehead atoms. The SMILES string of the molecule is CC(C)NC(=O)NCC[C@H]1CC[C@@H](NS(=O)(=O)c2ccc(-c3ccccc3)cc2)[C@@H](CO)O1. The van der Waals surface area contributed by atoms with Gasteiger partial charge in [0.15, 0.2) is 0 Å². The van der Waals surface area contributed by atoms with E-state index >= 15 is 0 Å². The van der Waals surface area contributed by atoms with Crippen LogP contribution in [0, 0.1) is 0 Å². The highest BCUT2D eigenvalue weighted by Crippen LogP contribution is 2.25. The summed E-state index contributed by atoms with van der Waals surface area (Å²) in [4.78, 5) is 11.8. The largest absolute Gasteiger partial charge is 0.394 e. The molecule has 4 N–H and O–H groups in total. The van der Waals surface area contributed by atoms with Crippen molar-refractivity contribution in [1.82, 2.24) is 15.4 Å². The van der Waals surface area contributed by atoms with Crippen LogP contribution in [0.4, 0.5) is 4.79 Å². The highest BCUT2D eigenvalue weighted by atomic mass is 32.2. The Kier molecular flexibility index (Phi) is 8.85. The minimum absolute atomic E-state index is 0.0537. The molecule has 180 valence electrons. The van der Waals surface area contributed by atoms with Crippen molar-refractivity contribution in [3.05, 3.63) is 54.6 Å². The smallest absolute Gasteiger partial charge is 0.314 e. The van der Waals surface area contributed by atoms with Gasteiger partial charge in [-0.3, -0.25) is 0 Å². The van der Waals surface area contributed by atoms with E-state index in [1.54, 1.807) is 24.3 Å². The van der Waals surface area contributed by atoms with E-state index in [0.717, 1.165) is 11.1 Å². The number of carbonyl (C=O) groups is 1. The van der Waals surface area contributed by atoms with Crippen LogP contribution in [0.1, 0.15) is 33.1 Å². The lowest BCUT2D eigenvalue weighted by atomic mass is 9.98. The first-order valence-electron chi connectivity index (χ1n) is 11.3. The Labute approximate surface area is 195 Å². The van der Waals surface area contributed by atoms with Gasteiger partial charge in [0, 0.05) is 12.6 Å². The number of ether oxygens (including phenoxy) is 1. The molecule has 0 saturated carbocycles. The fourth-order valence-electron chi connectivity index (χ4n) is 3.86. The van der Waals surface area contributed by atoms with E-state index in [0.29, 0.717) is 25.8 Å². The third-order valence-corrected chi connectivity index (χ3v) is 7.05. The second-order valence-corrected chi connectivity index (χ2v) is 10.2. The van der Waals surface area contributed by atoms with Crippen LogP contribution in [0.15, 0.2) is 59.5 Å². The van der Waals surface area contributed by atoms with Crippen molar-refractivity contribution in [3.8, 4) is 11.1 Å². The highest BCUT2D eigenvalue weighted by Gasteiger charge is 2.33. The molecule has 2 aromatic rings. The number of sulfonamides is 1. The number of aliphatic hydroxyl groups excluding tert-OH is 1. The van der Waals surface area contributed by atoms with Gasteiger partial charge < -0.3 is 20.5 Å². The molecule has 1 fully saturated rings. The topological polar surface area (TPSA) is 117 Å². The normalized spacial score (nSPS) is 21.0. The van der Waals surface area contributed by atoms with Gasteiger partial charge in [0.05, 0.1) is 29.8 Å². The van der Waals surface area contributed by atoms with Gasteiger partial charge in [0.2, 0.25) is 10.0 Å². The second kappa shape index (κ2) is 11.6. The third-order valence-electron chi connectivity index (χ3n) is 5.55. The van der Waals surface area contributed by atoms with Gasteiger partial charge in [0.1, 0.15) is 0 Å². The number of rotatable bonds is 9. The van der Waals surface area contributed by atoms with Crippen molar-refractivity contribution in [2.75, 3.05) is 13.2 Å². The molecule has 0 radical (unpaired) electrons. The van der Waals surface area contributed by atoms with Crippen LogP contribution in [-0.4, -0.2) is 57.0 Å². The fourth-order valence-corrected chi connectivity index (χ4v) is 5.16. The van der Waals surface area contributed by atoms with Gasteiger partial charge in [-0.1, -0.05) is 42.5 Å². The van der Waals surface area contributed by atoms with Crippen molar-refractivity contribution in [2.24, 2.45) is 0 Å². The summed E-state index contributed by atoms with van der Waals surface area (Å²) in [6.45, 7) is 3.91. The molecule has 1 saturated heterocycles. The van der Waals surface area contributed by atoms with Crippen molar-refractivity contribution >= 4 is 16.1 Å². The number of aliphatic hydroxyl groups is 1. The Morgan fingerprint density at radius 2 is 1.73 bits per heavy atom. The van der Waals surface area contributed by atoms with E-state index < -0.39 is 22.2 Å². The van der Waals surface area contributed by atoms with Crippen LogP contribution in [-0.2, 0) is 14.8 Å². The molecule has 0 unspecified atom stereocenters. The number of hydrogen-bond donors (Lipinski definition) is 4. The summed E-state index contributed by atoms with van der Waals surface area (Å²) in [5.74, 6) is 0. The molecular formula is C24H33N3O5S. The fraction of sp³-hybridized carbons (Fsp3) is 0.458. The molecule has 1 aliphatic heterocycles. The Balaban J connectivity index is 1.55. The molecule has 1 aliphatic rings. The third kappa shape index (κ3) is 7.26. The van der Waals surface area contributed by atoms with Crippen LogP contribution in [0.5, 0.6) is 0 Å². The Bertz CT molecular complexity index is 997. The van der Waals surface area contributed by atoms with Crippen molar-refractivity contribution in [3.63, 3.8) is 0 Å². The summed E-state index contributed by atoms with van der Waals surface area (Å²) >= 11 is 0. The molecule has 33 heavy (non-hydrogen) atoms. The predicted molar refractivity (Wildman–Crippen MR) is 127 cm³/mol. The van der Waals surface area contributed by atoms with Crippen LogP contribution < -0.4 is 15.4 Å². The maximum atomic E-state index is 12.9. The molecule has 0 aromatic heterocycles. The first-order chi connectivity index (χ1) is 15.8. The second-order valence-electron chi connectivity index (χ2n) is 8.52. The Morgan fingerprint density at radius 1 is 1.06 bits per heavy atom. The van der Waals surface area contributed by atoms with Crippen molar-refractivity contribution in [1.29, 1.82) is 0 Å². The summed E-state index contributed by atoms with van der Waals surface area (Å²) in [7, 11) is -3.77. The molecule has 9 heteroatoms. The standard InChI is InChI=1S/C24H33N3O5S/c1-17(2)26-24(29)25-15-14-20-10-13-22(23(16-28)32-20)27-33(30,31)21-11-8-19(9-12-21)18-6-4-3-5-7-18/h3-9,11-12,17,20,22-23,27-28H,10,13-16H2,1-2H3,(H2,25,26,29)/t20-,22-,23-/m1/s1. The molecule has 0 aliphatic carbocycles. The number of urea groups is 1. The molecule has 3 atom stereocenters. The molecule has 1 heterocycles. The minimum atomic E-state index is -3.77. The lowest BCUT2D eigenvalue weighted by Gasteiger charge is -2.36. The summed E-state index contributed by atoms with van der Waals surface area (Å²) in [6.07, 6.45) is 0.945. The van der Waals surface area contributed by atoms with Gasteiger partial charge >= 0.3 is 6.03 Å². The first-order valence-corrected chi connectivity index (χ1v) is 12.8. The predicted octanol–water partition coefficient (Wildman–Crippen LogP) is 2.64. The number of nitrogens with one attached hydrogen (secondary N) is 3. The lowest BCUT2D eigenvalue weighted by molar-refractivity contribution is -0.0871. The molecule has 3 rings (SSSR count). The summed E-state index contributed by atoms with van der Waals surface area (Å²) < 4.78 is 34.5. The van der Waals surface area contributed by atoms with E-state index in [1.165, 1.54) is 0 Å². The lowest BCUT2D eigenvalue weighted by Crippen LogP contribution is -2.51. The Morgan fingerprint density at radius 3 is 2.36 bits per heavy atom. The van der Waals surface area contributed by atoms with E-state index in [-0.39, 0.29) is 29.7 Å². The van der Waals surface area contributed by atoms with Gasteiger partial charge in [0.25, 0.3) is 0 Å². The molecule has 0 spiro atoms.